The van der Waals surface area contributed by atoms with Crippen molar-refractivity contribution in [3.63, 3.8) is 0 Å². The van der Waals surface area contributed by atoms with E-state index in [9.17, 15) is 14.7 Å². The molecule has 114 valence electrons. The number of benzene rings is 1. The molecule has 1 aliphatic rings. The normalized spacial score (nSPS) is 17.4. The van der Waals surface area contributed by atoms with Gasteiger partial charge in [-0.2, -0.15) is 0 Å². The number of amides is 2. The molecule has 0 bridgehead atoms. The van der Waals surface area contributed by atoms with Crippen LogP contribution in [0.5, 0.6) is 0 Å². The number of urea groups is 1. The van der Waals surface area contributed by atoms with Crippen LogP contribution in [0, 0.1) is 0 Å². The fourth-order valence-corrected chi connectivity index (χ4v) is 2.08. The molecule has 1 aromatic carbocycles. The molecule has 4 N–H and O–H groups in total. The van der Waals surface area contributed by atoms with Gasteiger partial charge >= 0.3 is 12.0 Å². The third-order valence-corrected chi connectivity index (χ3v) is 3.80. The highest BCUT2D eigenvalue weighted by molar-refractivity contribution is 5.89. The van der Waals surface area contributed by atoms with E-state index < -0.39 is 17.6 Å². The van der Waals surface area contributed by atoms with E-state index in [1.165, 1.54) is 24.8 Å². The smallest absolute Gasteiger partial charge is 0.337 e. The first-order valence-corrected chi connectivity index (χ1v) is 6.99. The Labute approximate surface area is 123 Å². The zero-order valence-electron chi connectivity index (χ0n) is 11.9. The minimum Gasteiger partial charge on any atom is -0.479 e. The van der Waals surface area contributed by atoms with E-state index in [0.29, 0.717) is 11.6 Å². The number of carboxylic acids is 1. The topological polar surface area (TPSA) is 98.7 Å². The van der Waals surface area contributed by atoms with Gasteiger partial charge in [-0.05, 0) is 43.4 Å². The number of anilines is 1. The number of hydrogen-bond acceptors (Lipinski definition) is 3. The zero-order valence-corrected chi connectivity index (χ0v) is 11.9. The third kappa shape index (κ3) is 3.95. The Kier molecular flexibility index (Phi) is 4.47. The summed E-state index contributed by atoms with van der Waals surface area (Å²) in [5.41, 5.74) is -0.0719. The van der Waals surface area contributed by atoms with Crippen LogP contribution in [0.1, 0.15) is 37.7 Å². The maximum atomic E-state index is 11.6. The van der Waals surface area contributed by atoms with Crippen LogP contribution < -0.4 is 10.6 Å². The molecule has 2 rings (SSSR count). The molecule has 0 aromatic heterocycles. The summed E-state index contributed by atoms with van der Waals surface area (Å²) in [7, 11) is 0. The molecule has 0 radical (unpaired) electrons. The largest absolute Gasteiger partial charge is 0.479 e. The quantitative estimate of drug-likeness (QED) is 0.666. The van der Waals surface area contributed by atoms with Crippen molar-refractivity contribution < 1.29 is 19.8 Å². The summed E-state index contributed by atoms with van der Waals surface area (Å²) in [5.74, 6) is -0.744. The van der Waals surface area contributed by atoms with Gasteiger partial charge < -0.3 is 20.8 Å². The Morgan fingerprint density at radius 3 is 2.38 bits per heavy atom. The van der Waals surface area contributed by atoms with E-state index in [1.807, 2.05) is 24.3 Å². The van der Waals surface area contributed by atoms with Crippen LogP contribution in [0.4, 0.5) is 10.5 Å². The average Bonchev–Trinajstić information content (AvgIpc) is 2.37. The molecule has 1 saturated carbocycles. The number of aliphatic carboxylic acids is 1. The van der Waals surface area contributed by atoms with Gasteiger partial charge in [0.1, 0.15) is 0 Å². The first-order chi connectivity index (χ1) is 9.88. The lowest BCUT2D eigenvalue weighted by Gasteiger charge is -2.25. The summed E-state index contributed by atoms with van der Waals surface area (Å²) in [4.78, 5) is 22.3. The number of rotatable bonds is 5. The maximum absolute atomic E-state index is 11.6. The van der Waals surface area contributed by atoms with Crippen molar-refractivity contribution in [2.45, 2.75) is 37.7 Å². The van der Waals surface area contributed by atoms with Crippen molar-refractivity contribution >= 4 is 17.7 Å². The van der Waals surface area contributed by atoms with Gasteiger partial charge in [0.2, 0.25) is 0 Å². The lowest BCUT2D eigenvalue weighted by molar-refractivity contribution is -0.155. The monoisotopic (exact) mass is 292 g/mol. The standard InChI is InChI=1S/C15H20N2O4/c1-15(21,13(18)19)9-16-14(20)17-12-7-5-11(6-8-12)10-3-2-4-10/h5-8,10,21H,2-4,9H2,1H3,(H,18,19)(H2,16,17,20). The summed E-state index contributed by atoms with van der Waals surface area (Å²) >= 11 is 0. The van der Waals surface area contributed by atoms with E-state index in [0.717, 1.165) is 6.92 Å². The van der Waals surface area contributed by atoms with Crippen LogP contribution in [0.25, 0.3) is 0 Å². The molecule has 6 nitrogen and oxygen atoms in total. The summed E-state index contributed by atoms with van der Waals surface area (Å²) in [6, 6.07) is 7.08. The Balaban J connectivity index is 1.83. The molecule has 0 aliphatic heterocycles. The number of nitrogens with one attached hydrogen (secondary N) is 2. The van der Waals surface area contributed by atoms with Crippen LogP contribution >= 0.6 is 0 Å². The first kappa shape index (κ1) is 15.3. The van der Waals surface area contributed by atoms with Crippen molar-refractivity contribution in [3.05, 3.63) is 29.8 Å². The number of carbonyl (C=O) groups excluding carboxylic acids is 1. The lowest BCUT2D eigenvalue weighted by atomic mass is 9.80. The Hall–Kier alpha value is -2.08. The van der Waals surface area contributed by atoms with Gasteiger partial charge in [0, 0.05) is 5.69 Å². The van der Waals surface area contributed by atoms with Gasteiger partial charge in [0.05, 0.1) is 6.54 Å². The molecular formula is C15H20N2O4. The van der Waals surface area contributed by atoms with E-state index >= 15 is 0 Å². The third-order valence-electron chi connectivity index (χ3n) is 3.80. The van der Waals surface area contributed by atoms with Crippen molar-refractivity contribution in [1.29, 1.82) is 0 Å². The van der Waals surface area contributed by atoms with Crippen LogP contribution in [-0.4, -0.2) is 34.4 Å². The molecular weight excluding hydrogens is 272 g/mol. The molecule has 0 saturated heterocycles. The summed E-state index contributed by atoms with van der Waals surface area (Å²) in [6.45, 7) is 0.761. The highest BCUT2D eigenvalue weighted by atomic mass is 16.4. The number of hydrogen-bond donors (Lipinski definition) is 4. The Bertz CT molecular complexity index is 521. The van der Waals surface area contributed by atoms with E-state index in [-0.39, 0.29) is 6.54 Å². The van der Waals surface area contributed by atoms with Crippen LogP contribution in [-0.2, 0) is 4.79 Å². The summed E-state index contributed by atoms with van der Waals surface area (Å²) in [5, 5.41) is 23.2. The Morgan fingerprint density at radius 1 is 1.29 bits per heavy atom. The molecule has 0 heterocycles. The van der Waals surface area contributed by atoms with Gasteiger partial charge in [-0.15, -0.1) is 0 Å². The molecule has 1 atom stereocenters. The van der Waals surface area contributed by atoms with Crippen molar-refractivity contribution in [3.8, 4) is 0 Å². The second-order valence-corrected chi connectivity index (χ2v) is 5.64. The predicted octanol–water partition coefficient (Wildman–Crippen LogP) is 1.91. The van der Waals surface area contributed by atoms with Gasteiger partial charge in [0.15, 0.2) is 5.60 Å². The van der Waals surface area contributed by atoms with E-state index in [4.69, 9.17) is 5.11 Å². The number of carboxylic acid groups (broad SMARTS) is 1. The molecule has 2 amide bonds. The van der Waals surface area contributed by atoms with E-state index in [1.54, 1.807) is 0 Å². The number of aliphatic hydroxyl groups is 1. The van der Waals surface area contributed by atoms with Crippen LogP contribution in [0.15, 0.2) is 24.3 Å². The lowest BCUT2D eigenvalue weighted by Crippen LogP contribution is -2.47. The van der Waals surface area contributed by atoms with Crippen LogP contribution in [0.3, 0.4) is 0 Å². The summed E-state index contributed by atoms with van der Waals surface area (Å²) < 4.78 is 0. The molecule has 0 spiro atoms. The van der Waals surface area contributed by atoms with Gasteiger partial charge in [-0.3, -0.25) is 0 Å². The molecule has 1 aliphatic carbocycles. The molecule has 1 aromatic rings. The highest BCUT2D eigenvalue weighted by Gasteiger charge is 2.30. The van der Waals surface area contributed by atoms with Crippen molar-refractivity contribution in [2.24, 2.45) is 0 Å². The molecule has 6 heteroatoms. The predicted molar refractivity (Wildman–Crippen MR) is 78.3 cm³/mol. The van der Waals surface area contributed by atoms with E-state index in [2.05, 4.69) is 10.6 Å². The average molecular weight is 292 g/mol. The second kappa shape index (κ2) is 6.13. The van der Waals surface area contributed by atoms with Crippen molar-refractivity contribution in [1.82, 2.24) is 5.32 Å². The zero-order chi connectivity index (χ0) is 15.5. The fourth-order valence-electron chi connectivity index (χ4n) is 2.08. The van der Waals surface area contributed by atoms with Gasteiger partial charge in [0.25, 0.3) is 0 Å². The Morgan fingerprint density at radius 2 is 1.90 bits per heavy atom. The van der Waals surface area contributed by atoms with Gasteiger partial charge in [-0.1, -0.05) is 18.6 Å². The minimum atomic E-state index is -1.98. The molecule has 21 heavy (non-hydrogen) atoms. The SMILES string of the molecule is CC(O)(CNC(=O)Nc1ccc(C2CCC2)cc1)C(=O)O. The number of carbonyl (C=O) groups is 2. The van der Waals surface area contributed by atoms with Crippen LogP contribution in [0.2, 0.25) is 0 Å². The highest BCUT2D eigenvalue weighted by Crippen LogP contribution is 2.36. The van der Waals surface area contributed by atoms with Gasteiger partial charge in [-0.25, -0.2) is 9.59 Å². The first-order valence-electron chi connectivity index (χ1n) is 6.99. The maximum Gasteiger partial charge on any atom is 0.337 e. The van der Waals surface area contributed by atoms with Crippen molar-refractivity contribution in [2.75, 3.05) is 11.9 Å². The minimum absolute atomic E-state index is 0.367. The molecule has 1 unspecified atom stereocenters. The fraction of sp³-hybridized carbons (Fsp3) is 0.467. The molecule has 1 fully saturated rings. The summed E-state index contributed by atoms with van der Waals surface area (Å²) in [6.07, 6.45) is 3.71. The second-order valence-electron chi connectivity index (χ2n) is 5.64.